The van der Waals surface area contributed by atoms with Crippen molar-refractivity contribution in [2.45, 2.75) is 59.0 Å². The fraction of sp³-hybridized carbons (Fsp3) is 0.737. The molecule has 138 valence electrons. The quantitative estimate of drug-likeness (QED) is 0.845. The van der Waals surface area contributed by atoms with E-state index >= 15 is 0 Å². The second kappa shape index (κ2) is 7.58. The molecule has 0 bridgehead atoms. The second-order valence-corrected chi connectivity index (χ2v) is 7.62. The van der Waals surface area contributed by atoms with Crippen molar-refractivity contribution in [1.29, 1.82) is 0 Å². The lowest BCUT2D eigenvalue weighted by Crippen LogP contribution is -2.38. The molecular weight excluding hydrogens is 316 g/mol. The van der Waals surface area contributed by atoms with Crippen LogP contribution in [0.4, 0.5) is 0 Å². The van der Waals surface area contributed by atoms with E-state index in [9.17, 15) is 9.59 Å². The molecule has 0 N–H and O–H groups in total. The summed E-state index contributed by atoms with van der Waals surface area (Å²) in [7, 11) is 1.80. The summed E-state index contributed by atoms with van der Waals surface area (Å²) >= 11 is 0. The number of carbonyl (C=O) groups is 2. The van der Waals surface area contributed by atoms with Crippen LogP contribution < -0.4 is 0 Å². The Bertz CT molecular complexity index is 631. The van der Waals surface area contributed by atoms with Gasteiger partial charge in [0.15, 0.2) is 0 Å². The van der Waals surface area contributed by atoms with Gasteiger partial charge in [0.25, 0.3) is 5.91 Å². The van der Waals surface area contributed by atoms with Crippen LogP contribution in [0.25, 0.3) is 0 Å². The molecule has 1 saturated carbocycles. The van der Waals surface area contributed by atoms with Gasteiger partial charge in [-0.1, -0.05) is 6.92 Å². The third kappa shape index (κ3) is 3.72. The summed E-state index contributed by atoms with van der Waals surface area (Å²) in [5.41, 5.74) is 1.53. The molecule has 6 nitrogen and oxygen atoms in total. The maximum Gasteiger partial charge on any atom is 0.257 e. The monoisotopic (exact) mass is 346 g/mol. The number of hydrogen-bond donors (Lipinski definition) is 0. The van der Waals surface area contributed by atoms with Crippen LogP contribution in [-0.2, 0) is 17.9 Å². The minimum absolute atomic E-state index is 0.00969. The largest absolute Gasteiger partial charge is 0.342 e. The molecule has 2 aliphatic rings. The summed E-state index contributed by atoms with van der Waals surface area (Å²) in [6.07, 6.45) is 6.85. The first-order valence-corrected chi connectivity index (χ1v) is 9.60. The summed E-state index contributed by atoms with van der Waals surface area (Å²) in [6, 6.07) is 0. The fourth-order valence-corrected chi connectivity index (χ4v) is 3.92. The minimum atomic E-state index is -0.00969. The number of hydrogen-bond acceptors (Lipinski definition) is 3. The standard InChI is InChI=1S/C19H30N4O2/c1-4-21(3)19(25)16-12-20-23-11-5-10-22(13-17(16)23)18(24)15-8-6-14(2)7-9-15/h12,14-15H,4-11,13H2,1-3H3. The lowest BCUT2D eigenvalue weighted by Gasteiger charge is -2.30. The van der Waals surface area contributed by atoms with Crippen LogP contribution >= 0.6 is 0 Å². The number of aromatic nitrogens is 2. The fourth-order valence-electron chi connectivity index (χ4n) is 3.92. The predicted octanol–water partition coefficient (Wildman–Crippen LogP) is 2.53. The maximum absolute atomic E-state index is 13.0. The van der Waals surface area contributed by atoms with Gasteiger partial charge in [-0.2, -0.15) is 5.10 Å². The molecule has 0 spiro atoms. The summed E-state index contributed by atoms with van der Waals surface area (Å²) in [4.78, 5) is 29.3. The highest BCUT2D eigenvalue weighted by molar-refractivity contribution is 5.95. The molecule has 0 saturated heterocycles. The average molecular weight is 346 g/mol. The van der Waals surface area contributed by atoms with E-state index in [-0.39, 0.29) is 17.7 Å². The summed E-state index contributed by atoms with van der Waals surface area (Å²) in [5, 5.41) is 4.40. The van der Waals surface area contributed by atoms with E-state index in [0.717, 1.165) is 56.8 Å². The van der Waals surface area contributed by atoms with Gasteiger partial charge in [-0.05, 0) is 44.9 Å². The third-order valence-electron chi connectivity index (χ3n) is 5.82. The Balaban J connectivity index is 1.77. The number of nitrogens with zero attached hydrogens (tertiary/aromatic N) is 4. The molecule has 1 fully saturated rings. The van der Waals surface area contributed by atoms with Gasteiger partial charge in [0.1, 0.15) is 0 Å². The molecule has 1 aromatic rings. The van der Waals surface area contributed by atoms with E-state index in [2.05, 4.69) is 12.0 Å². The molecule has 1 aromatic heterocycles. The lowest BCUT2D eigenvalue weighted by atomic mass is 9.82. The van der Waals surface area contributed by atoms with Gasteiger partial charge >= 0.3 is 0 Å². The Morgan fingerprint density at radius 2 is 1.96 bits per heavy atom. The molecule has 1 aliphatic carbocycles. The normalized spacial score (nSPS) is 23.7. The number of fused-ring (bicyclic) bond motifs is 1. The first-order chi connectivity index (χ1) is 12.0. The Morgan fingerprint density at radius 1 is 1.24 bits per heavy atom. The topological polar surface area (TPSA) is 58.4 Å². The van der Waals surface area contributed by atoms with Crippen molar-refractivity contribution in [2.75, 3.05) is 20.1 Å². The number of amides is 2. The highest BCUT2D eigenvalue weighted by atomic mass is 16.2. The lowest BCUT2D eigenvalue weighted by molar-refractivity contribution is -0.137. The zero-order valence-corrected chi connectivity index (χ0v) is 15.7. The van der Waals surface area contributed by atoms with E-state index in [0.29, 0.717) is 18.7 Å². The Labute approximate surface area is 150 Å². The molecule has 25 heavy (non-hydrogen) atoms. The average Bonchev–Trinajstić information content (AvgIpc) is 2.90. The molecule has 0 radical (unpaired) electrons. The van der Waals surface area contributed by atoms with E-state index in [4.69, 9.17) is 0 Å². The summed E-state index contributed by atoms with van der Waals surface area (Å²) < 4.78 is 1.91. The molecule has 2 amide bonds. The molecule has 0 unspecified atom stereocenters. The Morgan fingerprint density at radius 3 is 2.64 bits per heavy atom. The third-order valence-corrected chi connectivity index (χ3v) is 5.82. The van der Waals surface area contributed by atoms with Crippen LogP contribution in [0.1, 0.15) is 62.0 Å². The highest BCUT2D eigenvalue weighted by Gasteiger charge is 2.31. The first-order valence-electron chi connectivity index (χ1n) is 9.60. The molecule has 2 heterocycles. The van der Waals surface area contributed by atoms with Crippen LogP contribution in [-0.4, -0.2) is 51.5 Å². The maximum atomic E-state index is 13.0. The molecule has 0 atom stereocenters. The zero-order chi connectivity index (χ0) is 18.0. The molecule has 3 rings (SSSR count). The molecular formula is C19H30N4O2. The van der Waals surface area contributed by atoms with Crippen molar-refractivity contribution in [3.05, 3.63) is 17.5 Å². The second-order valence-electron chi connectivity index (χ2n) is 7.62. The smallest absolute Gasteiger partial charge is 0.257 e. The Hall–Kier alpha value is -1.85. The Kier molecular flexibility index (Phi) is 5.45. The number of carbonyl (C=O) groups excluding carboxylic acids is 2. The van der Waals surface area contributed by atoms with E-state index in [1.54, 1.807) is 18.1 Å². The van der Waals surface area contributed by atoms with Gasteiger partial charge in [0, 0.05) is 32.6 Å². The van der Waals surface area contributed by atoms with Crippen LogP contribution in [0.3, 0.4) is 0 Å². The van der Waals surface area contributed by atoms with Gasteiger partial charge < -0.3 is 9.80 Å². The van der Waals surface area contributed by atoms with Crippen molar-refractivity contribution in [3.8, 4) is 0 Å². The number of rotatable bonds is 3. The van der Waals surface area contributed by atoms with Gasteiger partial charge in [-0.25, -0.2) is 0 Å². The van der Waals surface area contributed by atoms with Crippen molar-refractivity contribution in [2.24, 2.45) is 11.8 Å². The van der Waals surface area contributed by atoms with Crippen molar-refractivity contribution in [1.82, 2.24) is 19.6 Å². The van der Waals surface area contributed by atoms with Gasteiger partial charge in [-0.15, -0.1) is 0 Å². The molecule has 0 aromatic carbocycles. The van der Waals surface area contributed by atoms with E-state index < -0.39 is 0 Å². The minimum Gasteiger partial charge on any atom is -0.342 e. The molecule has 1 aliphatic heterocycles. The van der Waals surface area contributed by atoms with Crippen LogP contribution in [0.15, 0.2) is 6.20 Å². The predicted molar refractivity (Wildman–Crippen MR) is 96.0 cm³/mol. The number of aryl methyl sites for hydroxylation is 1. The summed E-state index contributed by atoms with van der Waals surface area (Å²) in [6.45, 7) is 6.92. The van der Waals surface area contributed by atoms with Gasteiger partial charge in [0.2, 0.25) is 5.91 Å². The first kappa shape index (κ1) is 18.0. The van der Waals surface area contributed by atoms with E-state index in [1.165, 1.54) is 0 Å². The van der Waals surface area contributed by atoms with Crippen molar-refractivity contribution in [3.63, 3.8) is 0 Å². The van der Waals surface area contributed by atoms with Gasteiger partial charge in [-0.3, -0.25) is 14.3 Å². The van der Waals surface area contributed by atoms with E-state index in [1.807, 2.05) is 16.5 Å². The van der Waals surface area contributed by atoms with Gasteiger partial charge in [0.05, 0.1) is 24.0 Å². The molecule has 6 heteroatoms. The van der Waals surface area contributed by atoms with Crippen LogP contribution in [0.5, 0.6) is 0 Å². The summed E-state index contributed by atoms with van der Waals surface area (Å²) in [5.74, 6) is 1.15. The highest BCUT2D eigenvalue weighted by Crippen LogP contribution is 2.30. The van der Waals surface area contributed by atoms with Crippen LogP contribution in [0, 0.1) is 11.8 Å². The SMILES string of the molecule is CCN(C)C(=O)c1cnn2c1CN(C(=O)C1CCC(C)CC1)CCC2. The van der Waals surface area contributed by atoms with Crippen molar-refractivity contribution < 1.29 is 9.59 Å². The van der Waals surface area contributed by atoms with Crippen molar-refractivity contribution >= 4 is 11.8 Å². The van der Waals surface area contributed by atoms with Crippen LogP contribution in [0.2, 0.25) is 0 Å². The zero-order valence-electron chi connectivity index (χ0n) is 15.7.